The predicted octanol–water partition coefficient (Wildman–Crippen LogP) is 5.78. The van der Waals surface area contributed by atoms with Crippen molar-refractivity contribution in [2.75, 3.05) is 12.4 Å². The van der Waals surface area contributed by atoms with Crippen molar-refractivity contribution in [1.29, 1.82) is 0 Å². The number of benzene rings is 2. The molecule has 2 aliphatic heterocycles. The Morgan fingerprint density at radius 1 is 1.06 bits per heavy atom. The fourth-order valence-electron chi connectivity index (χ4n) is 3.48. The van der Waals surface area contributed by atoms with Gasteiger partial charge in [0, 0.05) is 24.2 Å². The molecule has 0 saturated carbocycles. The number of aromatic nitrogens is 4. The normalized spacial score (nSPS) is 11.5. The number of halogens is 3. The third-order valence-electron chi connectivity index (χ3n) is 5.00. The highest BCUT2D eigenvalue weighted by Gasteiger charge is 2.27. The summed E-state index contributed by atoms with van der Waals surface area (Å²) in [5, 5.41) is 7.44. The number of rotatable bonds is 5. The molecule has 0 spiro atoms. The summed E-state index contributed by atoms with van der Waals surface area (Å²) < 4.78 is 1.64. The summed E-state index contributed by atoms with van der Waals surface area (Å²) in [6, 6.07) is 11.1. The molecule has 4 rings (SSSR count). The van der Waals surface area contributed by atoms with Crippen LogP contribution in [0.25, 0.3) is 17.1 Å². The van der Waals surface area contributed by atoms with Gasteiger partial charge in [-0.3, -0.25) is 9.89 Å². The Hall–Kier alpha value is -2.54. The minimum atomic E-state index is -0.341. The topological polar surface area (TPSA) is 75.6 Å². The lowest BCUT2D eigenvalue weighted by Crippen LogP contribution is -2.17. The number of H-pyrrole nitrogens is 1. The molecule has 0 unspecified atom stereocenters. The van der Waals surface area contributed by atoms with Gasteiger partial charge in [0.2, 0.25) is 0 Å². The number of hydrogen-bond acceptors (Lipinski definition) is 4. The van der Waals surface area contributed by atoms with Gasteiger partial charge in [0.15, 0.2) is 5.82 Å². The maximum absolute atomic E-state index is 13.0. The van der Waals surface area contributed by atoms with Gasteiger partial charge in [-0.05, 0) is 35.7 Å². The van der Waals surface area contributed by atoms with E-state index in [0.717, 1.165) is 11.3 Å². The van der Waals surface area contributed by atoms with E-state index in [2.05, 4.69) is 15.4 Å². The van der Waals surface area contributed by atoms with E-state index in [1.54, 1.807) is 16.8 Å². The monoisotopic (exact) mass is 475 g/mol. The third kappa shape index (κ3) is 4.15. The summed E-state index contributed by atoms with van der Waals surface area (Å²) in [4.78, 5) is 22.0. The van der Waals surface area contributed by atoms with Gasteiger partial charge >= 0.3 is 0 Å². The van der Waals surface area contributed by atoms with Crippen LogP contribution in [0.15, 0.2) is 41.2 Å². The smallest absolute Gasteiger partial charge is 0.284 e. The van der Waals surface area contributed by atoms with E-state index < -0.39 is 0 Å². The molecule has 2 aliphatic rings. The van der Waals surface area contributed by atoms with Crippen molar-refractivity contribution in [3.05, 3.63) is 78.9 Å². The molecule has 9 heteroatoms. The predicted molar refractivity (Wildman–Crippen MR) is 127 cm³/mol. The molecule has 2 N–H and O–H groups in total. The second-order valence-corrected chi connectivity index (χ2v) is 8.75. The molecule has 6 nitrogen and oxygen atoms in total. The van der Waals surface area contributed by atoms with Crippen LogP contribution in [0.1, 0.15) is 36.8 Å². The summed E-state index contributed by atoms with van der Waals surface area (Å²) >= 11 is 19.0. The second-order valence-electron chi connectivity index (χ2n) is 7.50. The highest BCUT2D eigenvalue weighted by molar-refractivity contribution is 6.40. The zero-order chi connectivity index (χ0) is 22.3. The van der Waals surface area contributed by atoms with Crippen LogP contribution in [-0.2, 0) is 6.42 Å². The number of fused-ring (bicyclic) bond motifs is 1. The average Bonchev–Trinajstić information content (AvgIpc) is 3.08. The van der Waals surface area contributed by atoms with Crippen LogP contribution >= 0.6 is 34.8 Å². The Kier molecular flexibility index (Phi) is 5.97. The lowest BCUT2D eigenvalue weighted by molar-refractivity contribution is 0.771. The quantitative estimate of drug-likeness (QED) is 0.383. The molecule has 2 aromatic carbocycles. The van der Waals surface area contributed by atoms with Gasteiger partial charge in [0.05, 0.1) is 15.7 Å². The molecule has 0 aliphatic carbocycles. The van der Waals surface area contributed by atoms with E-state index in [9.17, 15) is 4.79 Å². The number of anilines is 1. The van der Waals surface area contributed by atoms with Crippen molar-refractivity contribution >= 4 is 40.5 Å². The number of nitrogens with one attached hydrogen (secondary N) is 2. The van der Waals surface area contributed by atoms with Gasteiger partial charge < -0.3 is 5.32 Å². The number of aromatic amines is 1. The van der Waals surface area contributed by atoms with E-state index in [4.69, 9.17) is 39.8 Å². The fraction of sp³-hybridized carbons (Fsp3) is 0.227. The van der Waals surface area contributed by atoms with E-state index in [1.165, 1.54) is 0 Å². The van der Waals surface area contributed by atoms with E-state index in [0.29, 0.717) is 50.1 Å². The summed E-state index contributed by atoms with van der Waals surface area (Å²) in [5.41, 5.74) is 3.27. The van der Waals surface area contributed by atoms with E-state index in [-0.39, 0.29) is 11.5 Å². The van der Waals surface area contributed by atoms with E-state index in [1.807, 2.05) is 45.2 Å². The minimum Gasteiger partial charge on any atom is -0.388 e. The molecule has 0 atom stereocenters. The second kappa shape index (κ2) is 8.54. The Morgan fingerprint density at radius 2 is 1.71 bits per heavy atom. The van der Waals surface area contributed by atoms with Gasteiger partial charge in [0.1, 0.15) is 17.1 Å². The van der Waals surface area contributed by atoms with Crippen molar-refractivity contribution < 1.29 is 0 Å². The zero-order valence-corrected chi connectivity index (χ0v) is 19.4. The molecular formula is C22H20Cl3N5O. The maximum Gasteiger partial charge on any atom is 0.284 e. The largest absolute Gasteiger partial charge is 0.388 e. The van der Waals surface area contributed by atoms with Gasteiger partial charge in [-0.2, -0.15) is 4.98 Å². The van der Waals surface area contributed by atoms with Crippen LogP contribution in [0, 0.1) is 0 Å². The number of nitrogens with zero attached hydrogens (tertiary/aromatic N) is 3. The van der Waals surface area contributed by atoms with Crippen LogP contribution in [0.2, 0.25) is 15.1 Å². The summed E-state index contributed by atoms with van der Waals surface area (Å²) in [6.07, 6.45) is 0.416. The Morgan fingerprint density at radius 3 is 2.29 bits per heavy atom. The Bertz CT molecular complexity index is 1250. The van der Waals surface area contributed by atoms with Crippen molar-refractivity contribution in [1.82, 2.24) is 19.7 Å². The van der Waals surface area contributed by atoms with Crippen molar-refractivity contribution in [3.63, 3.8) is 0 Å². The minimum absolute atomic E-state index is 0.0323. The molecule has 31 heavy (non-hydrogen) atoms. The van der Waals surface area contributed by atoms with Crippen LogP contribution in [0.4, 0.5) is 5.69 Å². The van der Waals surface area contributed by atoms with Crippen molar-refractivity contribution in [2.45, 2.75) is 26.2 Å². The lowest BCUT2D eigenvalue weighted by atomic mass is 10.1. The van der Waals surface area contributed by atoms with Gasteiger partial charge in [-0.15, -0.1) is 0 Å². The van der Waals surface area contributed by atoms with Gasteiger partial charge in [-0.1, -0.05) is 60.8 Å². The molecule has 0 aromatic heterocycles. The highest BCUT2D eigenvalue weighted by Crippen LogP contribution is 2.36. The summed E-state index contributed by atoms with van der Waals surface area (Å²) in [6.45, 7) is 3.97. The first-order valence-corrected chi connectivity index (χ1v) is 10.8. The summed E-state index contributed by atoms with van der Waals surface area (Å²) in [5.74, 6) is 0.875. The molecule has 0 fully saturated rings. The van der Waals surface area contributed by atoms with Crippen molar-refractivity contribution in [2.24, 2.45) is 0 Å². The molecule has 0 amide bonds. The first-order valence-electron chi connectivity index (χ1n) is 9.71. The molecule has 0 bridgehead atoms. The highest BCUT2D eigenvalue weighted by atomic mass is 35.5. The lowest BCUT2D eigenvalue weighted by Gasteiger charge is -2.11. The molecule has 160 valence electrons. The van der Waals surface area contributed by atoms with Gasteiger partial charge in [-0.25, -0.2) is 9.67 Å². The first-order chi connectivity index (χ1) is 14.8. The SMILES string of the molecule is CNc1ccc(Cc2nc3n(-c4c(Cl)cc(Cl)cc4Cl)[nH]c(C(C)C)c-3c(=O)n2)cc1. The molecule has 0 saturated heterocycles. The van der Waals surface area contributed by atoms with E-state index >= 15 is 0 Å². The van der Waals surface area contributed by atoms with Crippen LogP contribution in [-0.4, -0.2) is 26.8 Å². The zero-order valence-electron chi connectivity index (χ0n) is 17.1. The molecule has 0 radical (unpaired) electrons. The molecule has 2 aromatic rings. The maximum atomic E-state index is 13.0. The van der Waals surface area contributed by atoms with Crippen LogP contribution < -0.4 is 10.9 Å². The standard InChI is InChI=1S/C22H20Cl3N5O/c1-11(2)19-18-21(30(29-19)20-15(24)9-13(23)10-16(20)25)27-17(28-22(18)31)8-12-4-6-14(26-3)7-5-12/h4-7,9-11,26,29H,8H2,1-3H3. The van der Waals surface area contributed by atoms with Crippen molar-refractivity contribution in [3.8, 4) is 17.1 Å². The average molecular weight is 477 g/mol. The van der Waals surface area contributed by atoms with Gasteiger partial charge in [0.25, 0.3) is 5.56 Å². The Balaban J connectivity index is 1.90. The molecular weight excluding hydrogens is 457 g/mol. The Labute approximate surface area is 194 Å². The number of hydrogen-bond donors (Lipinski definition) is 2. The molecule has 2 heterocycles. The third-order valence-corrected chi connectivity index (χ3v) is 5.80. The summed E-state index contributed by atoms with van der Waals surface area (Å²) in [7, 11) is 1.86. The van der Waals surface area contributed by atoms with Crippen LogP contribution in [0.3, 0.4) is 0 Å². The van der Waals surface area contributed by atoms with Crippen LogP contribution in [0.5, 0.6) is 0 Å². The first kappa shape index (κ1) is 21.7. The fourth-order valence-corrected chi connectivity index (χ4v) is 4.46.